The van der Waals surface area contributed by atoms with Gasteiger partial charge in [0.25, 0.3) is 0 Å². The van der Waals surface area contributed by atoms with Crippen LogP contribution in [0.15, 0.2) is 18.2 Å². The molecule has 2 aliphatic rings. The van der Waals surface area contributed by atoms with E-state index < -0.39 is 0 Å². The minimum absolute atomic E-state index is 0.00182. The predicted octanol–water partition coefficient (Wildman–Crippen LogP) is 1.75. The summed E-state index contributed by atoms with van der Waals surface area (Å²) in [6.45, 7) is 3.97. The van der Waals surface area contributed by atoms with Gasteiger partial charge in [-0.15, -0.1) is 0 Å². The maximum Gasteiger partial charge on any atom is 0.325 e. The lowest BCUT2D eigenvalue weighted by Crippen LogP contribution is -2.47. The lowest BCUT2D eigenvalue weighted by Gasteiger charge is -2.32. The number of rotatable bonds is 7. The van der Waals surface area contributed by atoms with Crippen molar-refractivity contribution < 1.29 is 28.6 Å². The van der Waals surface area contributed by atoms with E-state index in [2.05, 4.69) is 0 Å². The third-order valence-corrected chi connectivity index (χ3v) is 5.49. The summed E-state index contributed by atoms with van der Waals surface area (Å²) in [6.07, 6.45) is 1.47. The number of piperidine rings is 1. The first-order chi connectivity index (χ1) is 14.5. The Bertz CT molecular complexity index is 799. The minimum Gasteiger partial charge on any atom is -0.493 e. The Morgan fingerprint density at radius 3 is 2.57 bits per heavy atom. The topological polar surface area (TPSA) is 88.6 Å². The molecule has 1 atom stereocenters. The van der Waals surface area contributed by atoms with Crippen LogP contribution in [0.4, 0.5) is 10.5 Å². The maximum absolute atomic E-state index is 12.9. The third-order valence-electron chi connectivity index (χ3n) is 5.49. The van der Waals surface area contributed by atoms with E-state index in [1.54, 1.807) is 49.1 Å². The number of nitrogens with zero attached hydrogens (tertiary/aromatic N) is 3. The molecule has 2 aliphatic heterocycles. The van der Waals surface area contributed by atoms with Crippen LogP contribution in [0.3, 0.4) is 0 Å². The summed E-state index contributed by atoms with van der Waals surface area (Å²) in [6, 6.07) is 5.06. The zero-order chi connectivity index (χ0) is 21.7. The van der Waals surface area contributed by atoms with E-state index in [0.717, 1.165) is 12.8 Å². The van der Waals surface area contributed by atoms with Gasteiger partial charge in [-0.2, -0.15) is 0 Å². The smallest absolute Gasteiger partial charge is 0.325 e. The van der Waals surface area contributed by atoms with Crippen molar-refractivity contribution >= 4 is 23.6 Å². The minimum atomic E-state index is -0.291. The standard InChI is InChI=1S/C21H29N3O6/c1-4-30-20(26)15-6-5-9-22(13-15)19(25)14-23-10-11-24(21(23)27)16-7-8-17(28-2)18(12-16)29-3/h7-8,12,15H,4-6,9-11,13-14H2,1-3H3. The highest BCUT2D eigenvalue weighted by Gasteiger charge is 2.34. The fourth-order valence-electron chi connectivity index (χ4n) is 3.88. The quantitative estimate of drug-likeness (QED) is 0.626. The van der Waals surface area contributed by atoms with Crippen molar-refractivity contribution in [2.45, 2.75) is 19.8 Å². The van der Waals surface area contributed by atoms with Gasteiger partial charge in [0.2, 0.25) is 5.91 Å². The molecule has 3 rings (SSSR count). The summed E-state index contributed by atoms with van der Waals surface area (Å²) in [4.78, 5) is 42.5. The highest BCUT2D eigenvalue weighted by atomic mass is 16.5. The first kappa shape index (κ1) is 21.7. The van der Waals surface area contributed by atoms with Gasteiger partial charge in [0.1, 0.15) is 6.54 Å². The molecule has 0 bridgehead atoms. The number of ether oxygens (including phenoxy) is 3. The Balaban J connectivity index is 1.61. The molecule has 0 radical (unpaired) electrons. The van der Waals surface area contributed by atoms with E-state index in [1.165, 1.54) is 4.90 Å². The van der Waals surface area contributed by atoms with Gasteiger partial charge in [-0.3, -0.25) is 14.5 Å². The second-order valence-corrected chi connectivity index (χ2v) is 7.33. The number of amides is 3. The molecule has 0 saturated carbocycles. The van der Waals surface area contributed by atoms with E-state index >= 15 is 0 Å². The fraction of sp³-hybridized carbons (Fsp3) is 0.571. The molecule has 0 aromatic heterocycles. The molecule has 2 fully saturated rings. The zero-order valence-electron chi connectivity index (χ0n) is 17.8. The molecule has 0 spiro atoms. The highest BCUT2D eigenvalue weighted by Crippen LogP contribution is 2.32. The second kappa shape index (κ2) is 9.69. The Kier molecular flexibility index (Phi) is 7.02. The molecule has 30 heavy (non-hydrogen) atoms. The van der Waals surface area contributed by atoms with Crippen molar-refractivity contribution in [1.29, 1.82) is 0 Å². The van der Waals surface area contributed by atoms with Crippen molar-refractivity contribution in [3.05, 3.63) is 18.2 Å². The number of esters is 1. The van der Waals surface area contributed by atoms with E-state index in [4.69, 9.17) is 14.2 Å². The summed E-state index contributed by atoms with van der Waals surface area (Å²) >= 11 is 0. The molecule has 9 heteroatoms. The molecule has 0 aliphatic carbocycles. The lowest BCUT2D eigenvalue weighted by molar-refractivity contribution is -0.151. The number of likely N-dealkylation sites (tertiary alicyclic amines) is 1. The Morgan fingerprint density at radius 2 is 1.87 bits per heavy atom. The largest absolute Gasteiger partial charge is 0.493 e. The molecule has 3 amide bonds. The Hall–Kier alpha value is -2.97. The number of carbonyl (C=O) groups excluding carboxylic acids is 3. The Morgan fingerprint density at radius 1 is 1.10 bits per heavy atom. The van der Waals surface area contributed by atoms with E-state index in [-0.39, 0.29) is 30.4 Å². The van der Waals surface area contributed by atoms with Crippen molar-refractivity contribution in [3.8, 4) is 11.5 Å². The van der Waals surface area contributed by atoms with Gasteiger partial charge in [0.05, 0.1) is 26.7 Å². The highest BCUT2D eigenvalue weighted by molar-refractivity contribution is 5.96. The van der Waals surface area contributed by atoms with Crippen molar-refractivity contribution in [3.63, 3.8) is 0 Å². The lowest BCUT2D eigenvalue weighted by atomic mass is 9.98. The number of methoxy groups -OCH3 is 2. The second-order valence-electron chi connectivity index (χ2n) is 7.33. The van der Waals surface area contributed by atoms with Gasteiger partial charge >= 0.3 is 12.0 Å². The van der Waals surface area contributed by atoms with Crippen LogP contribution >= 0.6 is 0 Å². The number of hydrogen-bond donors (Lipinski definition) is 0. The van der Waals surface area contributed by atoms with Gasteiger partial charge in [-0.1, -0.05) is 0 Å². The normalized spacial score (nSPS) is 19.1. The summed E-state index contributed by atoms with van der Waals surface area (Å²) in [5, 5.41) is 0. The van der Waals surface area contributed by atoms with Crippen molar-refractivity contribution in [1.82, 2.24) is 9.80 Å². The number of anilines is 1. The summed E-state index contributed by atoms with van der Waals surface area (Å²) < 4.78 is 15.6. The van der Waals surface area contributed by atoms with Crippen molar-refractivity contribution in [2.24, 2.45) is 5.92 Å². The van der Waals surface area contributed by atoms with Crippen LogP contribution in [-0.2, 0) is 14.3 Å². The summed E-state index contributed by atoms with van der Waals surface area (Å²) in [5.74, 6) is 0.426. The molecule has 2 saturated heterocycles. The summed E-state index contributed by atoms with van der Waals surface area (Å²) in [7, 11) is 3.10. The predicted molar refractivity (Wildman–Crippen MR) is 110 cm³/mol. The average molecular weight is 419 g/mol. The molecule has 0 N–H and O–H groups in total. The van der Waals surface area contributed by atoms with Gasteiger partial charge in [0.15, 0.2) is 11.5 Å². The van der Waals surface area contributed by atoms with Gasteiger partial charge in [-0.25, -0.2) is 4.79 Å². The van der Waals surface area contributed by atoms with Gasteiger partial charge in [-0.05, 0) is 31.9 Å². The number of carbonyl (C=O) groups is 3. The van der Waals surface area contributed by atoms with E-state index in [9.17, 15) is 14.4 Å². The Labute approximate surface area is 176 Å². The first-order valence-corrected chi connectivity index (χ1v) is 10.2. The van der Waals surface area contributed by atoms with Crippen LogP contribution < -0.4 is 14.4 Å². The third kappa shape index (κ3) is 4.60. The monoisotopic (exact) mass is 419 g/mol. The SMILES string of the molecule is CCOC(=O)C1CCCN(C(=O)CN2CCN(c3ccc(OC)c(OC)c3)C2=O)C1. The number of hydrogen-bond acceptors (Lipinski definition) is 6. The fourth-order valence-corrected chi connectivity index (χ4v) is 3.88. The molecule has 1 aromatic carbocycles. The maximum atomic E-state index is 12.9. The molecule has 2 heterocycles. The zero-order valence-corrected chi connectivity index (χ0v) is 17.8. The van der Waals surface area contributed by atoms with Gasteiger partial charge < -0.3 is 24.0 Å². The molecule has 9 nitrogen and oxygen atoms in total. The van der Waals surface area contributed by atoms with Crippen LogP contribution in [0, 0.1) is 5.92 Å². The van der Waals surface area contributed by atoms with Gasteiger partial charge in [0, 0.05) is 37.9 Å². The summed E-state index contributed by atoms with van der Waals surface area (Å²) in [5.41, 5.74) is 0.688. The average Bonchev–Trinajstić information content (AvgIpc) is 3.13. The molecular formula is C21H29N3O6. The van der Waals surface area contributed by atoms with Crippen LogP contribution in [-0.4, -0.2) is 81.3 Å². The van der Waals surface area contributed by atoms with Crippen LogP contribution in [0.1, 0.15) is 19.8 Å². The van der Waals surface area contributed by atoms with Crippen molar-refractivity contribution in [2.75, 3.05) is 58.5 Å². The van der Waals surface area contributed by atoms with Crippen LogP contribution in [0.2, 0.25) is 0 Å². The van der Waals surface area contributed by atoms with Crippen LogP contribution in [0.25, 0.3) is 0 Å². The van der Waals surface area contributed by atoms with Crippen LogP contribution in [0.5, 0.6) is 11.5 Å². The van der Waals surface area contributed by atoms with E-state index in [0.29, 0.717) is 50.0 Å². The molecule has 1 aromatic rings. The van der Waals surface area contributed by atoms with E-state index in [1.807, 2.05) is 0 Å². The molecular weight excluding hydrogens is 390 g/mol. The first-order valence-electron chi connectivity index (χ1n) is 10.2. The number of benzene rings is 1. The molecule has 1 unspecified atom stereocenters. The number of urea groups is 1. The molecule has 164 valence electrons.